The summed E-state index contributed by atoms with van der Waals surface area (Å²) in [5, 5.41) is 0. The number of guanidine groups is 1. The molecular formula is C19H24N5O3+. The first-order valence-corrected chi connectivity index (χ1v) is 9.15. The van der Waals surface area contributed by atoms with Crippen molar-refractivity contribution < 1.29 is 18.9 Å². The van der Waals surface area contributed by atoms with Gasteiger partial charge in [-0.15, -0.1) is 0 Å². The van der Waals surface area contributed by atoms with E-state index in [0.29, 0.717) is 31.4 Å². The number of anilines is 1. The first-order valence-electron chi connectivity index (χ1n) is 9.15. The molecule has 3 aliphatic rings. The Morgan fingerprint density at radius 3 is 2.74 bits per heavy atom. The maximum atomic E-state index is 13.1. The van der Waals surface area contributed by atoms with Crippen LogP contribution in [0.3, 0.4) is 0 Å². The lowest BCUT2D eigenvalue weighted by atomic mass is 10.1. The molecular weight excluding hydrogens is 346 g/mol. The highest BCUT2D eigenvalue weighted by molar-refractivity contribution is 6.24. The molecule has 4 rings (SSSR count). The lowest BCUT2D eigenvalue weighted by molar-refractivity contribution is -0.525. The topological polar surface area (TPSA) is 68.5 Å². The zero-order valence-electron chi connectivity index (χ0n) is 16.0. The van der Waals surface area contributed by atoms with Crippen LogP contribution in [-0.2, 0) is 4.79 Å². The maximum absolute atomic E-state index is 13.1. The third-order valence-electron chi connectivity index (χ3n) is 5.12. The molecule has 1 atom stereocenters. The highest BCUT2D eigenvalue weighted by atomic mass is 16.5. The van der Waals surface area contributed by atoms with Crippen molar-refractivity contribution in [1.82, 2.24) is 9.80 Å². The molecule has 0 radical (unpaired) electrons. The Morgan fingerprint density at radius 2 is 2.04 bits per heavy atom. The molecule has 1 aromatic carbocycles. The number of hydrogen-bond acceptors (Lipinski definition) is 5. The molecule has 3 aliphatic heterocycles. The summed E-state index contributed by atoms with van der Waals surface area (Å²) < 4.78 is 7.47. The SMILES string of the molecule is COc1ccccc1N1CC[N+]2=C1N=C1C2C(=O)N(CC(C)C)C(=O)N1C. The fourth-order valence-electron chi connectivity index (χ4n) is 3.87. The second-order valence-corrected chi connectivity index (χ2v) is 7.37. The van der Waals surface area contributed by atoms with E-state index < -0.39 is 6.04 Å². The van der Waals surface area contributed by atoms with Gasteiger partial charge in [0, 0.05) is 13.6 Å². The Morgan fingerprint density at radius 1 is 1.30 bits per heavy atom. The highest BCUT2D eigenvalue weighted by Crippen LogP contribution is 2.32. The number of carbonyl (C=O) groups is 2. The molecule has 142 valence electrons. The van der Waals surface area contributed by atoms with Gasteiger partial charge in [-0.2, -0.15) is 0 Å². The number of imide groups is 1. The molecule has 3 heterocycles. The fraction of sp³-hybridized carbons (Fsp3) is 0.474. The van der Waals surface area contributed by atoms with Crippen LogP contribution in [0.25, 0.3) is 0 Å². The number of likely N-dealkylation sites (N-methyl/N-ethyl adjacent to an activating group) is 1. The summed E-state index contributed by atoms with van der Waals surface area (Å²) in [6.45, 7) is 5.77. The van der Waals surface area contributed by atoms with Crippen LogP contribution in [0.4, 0.5) is 10.5 Å². The normalized spacial score (nSPS) is 21.9. The van der Waals surface area contributed by atoms with E-state index in [1.165, 1.54) is 9.80 Å². The number of para-hydroxylation sites is 2. The van der Waals surface area contributed by atoms with Crippen LogP contribution in [0.2, 0.25) is 0 Å². The number of amides is 3. The minimum absolute atomic E-state index is 0.192. The molecule has 1 unspecified atom stereocenters. The molecule has 0 saturated carbocycles. The number of methoxy groups -OCH3 is 1. The first kappa shape index (κ1) is 17.5. The van der Waals surface area contributed by atoms with Crippen LogP contribution in [0.1, 0.15) is 13.8 Å². The van der Waals surface area contributed by atoms with E-state index >= 15 is 0 Å². The van der Waals surface area contributed by atoms with Crippen molar-refractivity contribution in [3.8, 4) is 5.75 Å². The number of fused-ring (bicyclic) bond motifs is 2. The van der Waals surface area contributed by atoms with Crippen molar-refractivity contribution in [3.05, 3.63) is 24.3 Å². The molecule has 0 N–H and O–H groups in total. The number of nitrogens with zero attached hydrogens (tertiary/aromatic N) is 5. The van der Waals surface area contributed by atoms with Gasteiger partial charge in [-0.1, -0.05) is 31.0 Å². The van der Waals surface area contributed by atoms with Gasteiger partial charge in [0.1, 0.15) is 12.2 Å². The van der Waals surface area contributed by atoms with Crippen molar-refractivity contribution in [2.45, 2.75) is 19.9 Å². The van der Waals surface area contributed by atoms with Gasteiger partial charge in [0.05, 0.1) is 13.7 Å². The van der Waals surface area contributed by atoms with Gasteiger partial charge in [0.2, 0.25) is 11.9 Å². The van der Waals surface area contributed by atoms with Crippen molar-refractivity contribution >= 4 is 29.4 Å². The highest BCUT2D eigenvalue weighted by Gasteiger charge is 2.55. The summed E-state index contributed by atoms with van der Waals surface area (Å²) in [5.74, 6) is 1.96. The molecule has 8 heteroatoms. The van der Waals surface area contributed by atoms with E-state index in [0.717, 1.165) is 11.4 Å². The number of rotatable bonds is 4. The number of amidine groups is 1. The lowest BCUT2D eigenvalue weighted by Gasteiger charge is -2.34. The average molecular weight is 370 g/mol. The largest absolute Gasteiger partial charge is 0.493 e. The van der Waals surface area contributed by atoms with E-state index in [1.54, 1.807) is 14.2 Å². The van der Waals surface area contributed by atoms with Gasteiger partial charge in [0.15, 0.2) is 5.75 Å². The van der Waals surface area contributed by atoms with Crippen molar-refractivity contribution in [2.24, 2.45) is 10.9 Å². The summed E-state index contributed by atoms with van der Waals surface area (Å²) in [7, 11) is 3.32. The van der Waals surface area contributed by atoms with Crippen LogP contribution in [0.15, 0.2) is 29.3 Å². The zero-order valence-corrected chi connectivity index (χ0v) is 16.0. The number of carbonyl (C=O) groups excluding carboxylic acids is 2. The molecule has 0 aromatic heterocycles. The number of aliphatic imine (C=N–C) groups is 1. The summed E-state index contributed by atoms with van der Waals surface area (Å²) in [6.07, 6.45) is 0. The van der Waals surface area contributed by atoms with Gasteiger partial charge >= 0.3 is 12.0 Å². The molecule has 1 fully saturated rings. The Bertz CT molecular complexity index is 876. The molecule has 0 bridgehead atoms. The quantitative estimate of drug-likeness (QED) is 0.748. The minimum atomic E-state index is -0.541. The van der Waals surface area contributed by atoms with E-state index in [-0.39, 0.29) is 17.9 Å². The van der Waals surface area contributed by atoms with Gasteiger partial charge in [0.25, 0.3) is 5.91 Å². The summed E-state index contributed by atoms with van der Waals surface area (Å²) >= 11 is 0. The van der Waals surface area contributed by atoms with Crippen molar-refractivity contribution in [3.63, 3.8) is 0 Å². The van der Waals surface area contributed by atoms with Gasteiger partial charge in [-0.3, -0.25) is 14.6 Å². The molecule has 8 nitrogen and oxygen atoms in total. The third-order valence-corrected chi connectivity index (χ3v) is 5.12. The van der Waals surface area contributed by atoms with Crippen LogP contribution >= 0.6 is 0 Å². The maximum Gasteiger partial charge on any atom is 0.397 e. The van der Waals surface area contributed by atoms with Crippen LogP contribution in [-0.4, -0.2) is 77.9 Å². The first-order chi connectivity index (χ1) is 12.9. The predicted molar refractivity (Wildman–Crippen MR) is 101 cm³/mol. The predicted octanol–water partition coefficient (Wildman–Crippen LogP) is 1.21. The number of hydrogen-bond donors (Lipinski definition) is 0. The molecule has 0 aliphatic carbocycles. The summed E-state index contributed by atoms with van der Waals surface area (Å²) in [4.78, 5) is 35.4. The lowest BCUT2D eigenvalue weighted by Crippen LogP contribution is -2.63. The number of urea groups is 1. The van der Waals surface area contributed by atoms with Gasteiger partial charge < -0.3 is 4.74 Å². The number of ether oxygens (including phenoxy) is 1. The molecule has 1 aromatic rings. The molecule has 1 saturated heterocycles. The summed E-state index contributed by atoms with van der Waals surface area (Å²) in [5.41, 5.74) is 0.904. The monoisotopic (exact) mass is 370 g/mol. The van der Waals surface area contributed by atoms with Gasteiger partial charge in [-0.05, 0) is 18.1 Å². The Balaban J connectivity index is 1.73. The Hall–Kier alpha value is -2.90. The van der Waals surface area contributed by atoms with Gasteiger partial charge in [-0.25, -0.2) is 14.3 Å². The van der Waals surface area contributed by atoms with E-state index in [9.17, 15) is 9.59 Å². The van der Waals surface area contributed by atoms with Crippen LogP contribution in [0, 0.1) is 5.92 Å². The Labute approximate surface area is 158 Å². The molecule has 3 amide bonds. The van der Waals surface area contributed by atoms with E-state index in [1.807, 2.05) is 47.6 Å². The van der Waals surface area contributed by atoms with Crippen LogP contribution in [0.5, 0.6) is 5.75 Å². The second kappa shape index (κ2) is 6.37. The molecule has 0 spiro atoms. The average Bonchev–Trinajstić information content (AvgIpc) is 3.22. The molecule has 27 heavy (non-hydrogen) atoms. The van der Waals surface area contributed by atoms with Crippen molar-refractivity contribution in [2.75, 3.05) is 38.7 Å². The Kier molecular flexibility index (Phi) is 4.13. The van der Waals surface area contributed by atoms with Crippen molar-refractivity contribution in [1.29, 1.82) is 0 Å². The minimum Gasteiger partial charge on any atom is -0.493 e. The fourth-order valence-corrected chi connectivity index (χ4v) is 3.87. The smallest absolute Gasteiger partial charge is 0.397 e. The summed E-state index contributed by atoms with van der Waals surface area (Å²) in [6, 6.07) is 6.89. The second-order valence-electron chi connectivity index (χ2n) is 7.37. The number of benzene rings is 1. The standard InChI is InChI=1S/C19H24N5O3/c1-12(2)11-24-17(25)15-16(21(3)19(24)26)20-18-22(9-10-23(15)18)13-7-5-6-8-14(13)27-4/h5-8,12,15H,9-11H2,1-4H3/q+1. The van der Waals surface area contributed by atoms with Crippen LogP contribution < -0.4 is 9.64 Å². The zero-order chi connectivity index (χ0) is 19.3. The third kappa shape index (κ3) is 2.58. The van der Waals surface area contributed by atoms with E-state index in [4.69, 9.17) is 4.74 Å². The van der Waals surface area contributed by atoms with E-state index in [2.05, 4.69) is 4.99 Å².